The summed E-state index contributed by atoms with van der Waals surface area (Å²) in [7, 11) is 1.89. The lowest BCUT2D eigenvalue weighted by Crippen LogP contribution is -2.24. The maximum atomic E-state index is 11.9. The van der Waals surface area contributed by atoms with Crippen LogP contribution in [0, 0.1) is 6.92 Å². The van der Waals surface area contributed by atoms with E-state index in [0.29, 0.717) is 18.7 Å². The number of hydrogen-bond donors (Lipinski definition) is 1. The lowest BCUT2D eigenvalue weighted by Gasteiger charge is -2.14. The average Bonchev–Trinajstić information content (AvgIpc) is 2.31. The second-order valence-corrected chi connectivity index (χ2v) is 4.43. The summed E-state index contributed by atoms with van der Waals surface area (Å²) in [5, 5.41) is 8.86. The van der Waals surface area contributed by atoms with Crippen molar-refractivity contribution in [3.8, 4) is 0 Å². The number of hydrogen-bond acceptors (Lipinski definition) is 4. The fourth-order valence-electron chi connectivity index (χ4n) is 1.92. The molecule has 1 N–H and O–H groups in total. The van der Waals surface area contributed by atoms with Gasteiger partial charge in [-0.3, -0.25) is 14.1 Å². The molecule has 0 saturated heterocycles. The van der Waals surface area contributed by atoms with Crippen molar-refractivity contribution in [2.75, 3.05) is 20.2 Å². The molecule has 2 heterocycles. The molecule has 2 rings (SSSR count). The van der Waals surface area contributed by atoms with Gasteiger partial charge < -0.3 is 5.11 Å². The van der Waals surface area contributed by atoms with Crippen molar-refractivity contribution in [1.82, 2.24) is 14.3 Å². The molecule has 0 spiro atoms. The van der Waals surface area contributed by atoms with Crippen molar-refractivity contribution in [3.63, 3.8) is 0 Å². The normalized spacial score (nSPS) is 11.3. The molecular formula is C13H17N3O2. The van der Waals surface area contributed by atoms with Crippen LogP contribution in [0.5, 0.6) is 0 Å². The Morgan fingerprint density at radius 2 is 2.28 bits per heavy atom. The van der Waals surface area contributed by atoms with Crippen LogP contribution in [0.15, 0.2) is 29.2 Å². The van der Waals surface area contributed by atoms with Gasteiger partial charge in [0.2, 0.25) is 0 Å². The lowest BCUT2D eigenvalue weighted by atomic mass is 10.3. The first-order valence-corrected chi connectivity index (χ1v) is 5.89. The fourth-order valence-corrected chi connectivity index (χ4v) is 1.92. The van der Waals surface area contributed by atoms with Gasteiger partial charge in [-0.1, -0.05) is 6.07 Å². The van der Waals surface area contributed by atoms with Gasteiger partial charge >= 0.3 is 0 Å². The lowest BCUT2D eigenvalue weighted by molar-refractivity contribution is 0.216. The SMILES string of the molecule is Cc1cccn2c(=O)cc(CN(C)CCO)nc12. The monoisotopic (exact) mass is 247 g/mol. The molecule has 96 valence electrons. The molecule has 0 bridgehead atoms. The highest BCUT2D eigenvalue weighted by atomic mass is 16.3. The van der Waals surface area contributed by atoms with Gasteiger partial charge in [-0.15, -0.1) is 0 Å². The average molecular weight is 247 g/mol. The van der Waals surface area contributed by atoms with E-state index in [4.69, 9.17) is 5.11 Å². The summed E-state index contributed by atoms with van der Waals surface area (Å²) in [6.07, 6.45) is 1.72. The third-order valence-corrected chi connectivity index (χ3v) is 2.85. The molecule has 0 aliphatic heterocycles. The Bertz CT molecular complexity index is 607. The van der Waals surface area contributed by atoms with Gasteiger partial charge in [-0.2, -0.15) is 0 Å². The zero-order valence-electron chi connectivity index (χ0n) is 10.6. The molecule has 0 aliphatic carbocycles. The van der Waals surface area contributed by atoms with Gasteiger partial charge in [-0.05, 0) is 25.6 Å². The summed E-state index contributed by atoms with van der Waals surface area (Å²) >= 11 is 0. The fraction of sp³-hybridized carbons (Fsp3) is 0.385. The summed E-state index contributed by atoms with van der Waals surface area (Å²) < 4.78 is 1.55. The zero-order chi connectivity index (χ0) is 13.1. The van der Waals surface area contributed by atoms with Crippen molar-refractivity contribution in [2.45, 2.75) is 13.5 Å². The third kappa shape index (κ3) is 2.57. The number of nitrogens with zero attached hydrogens (tertiary/aromatic N) is 3. The Hall–Kier alpha value is -1.72. The molecule has 0 atom stereocenters. The van der Waals surface area contributed by atoms with Crippen molar-refractivity contribution in [1.29, 1.82) is 0 Å². The third-order valence-electron chi connectivity index (χ3n) is 2.85. The van der Waals surface area contributed by atoms with E-state index in [1.807, 2.05) is 31.0 Å². The Morgan fingerprint density at radius 1 is 1.50 bits per heavy atom. The molecule has 2 aromatic rings. The van der Waals surface area contributed by atoms with E-state index in [-0.39, 0.29) is 12.2 Å². The van der Waals surface area contributed by atoms with E-state index < -0.39 is 0 Å². The summed E-state index contributed by atoms with van der Waals surface area (Å²) in [5.74, 6) is 0. The van der Waals surface area contributed by atoms with Gasteiger partial charge in [0.1, 0.15) is 5.65 Å². The van der Waals surface area contributed by atoms with E-state index in [1.54, 1.807) is 16.7 Å². The number of pyridine rings is 1. The first-order valence-electron chi connectivity index (χ1n) is 5.89. The van der Waals surface area contributed by atoms with E-state index in [9.17, 15) is 4.79 Å². The first-order chi connectivity index (χ1) is 8.61. The van der Waals surface area contributed by atoms with Gasteiger partial charge in [0, 0.05) is 25.4 Å². The Kier molecular flexibility index (Phi) is 3.74. The highest BCUT2D eigenvalue weighted by Gasteiger charge is 2.06. The van der Waals surface area contributed by atoms with Crippen LogP contribution >= 0.6 is 0 Å². The van der Waals surface area contributed by atoms with Crippen molar-refractivity contribution in [2.24, 2.45) is 0 Å². The van der Waals surface area contributed by atoms with Crippen LogP contribution < -0.4 is 5.56 Å². The number of fused-ring (bicyclic) bond motifs is 1. The Morgan fingerprint density at radius 3 is 3.00 bits per heavy atom. The van der Waals surface area contributed by atoms with Crippen molar-refractivity contribution >= 4 is 5.65 Å². The molecule has 2 aromatic heterocycles. The zero-order valence-corrected chi connectivity index (χ0v) is 10.6. The smallest absolute Gasteiger partial charge is 0.258 e. The summed E-state index contributed by atoms with van der Waals surface area (Å²) in [6, 6.07) is 5.31. The van der Waals surface area contributed by atoms with Crippen LogP contribution in [0.25, 0.3) is 5.65 Å². The van der Waals surface area contributed by atoms with E-state index in [0.717, 1.165) is 11.3 Å². The number of rotatable bonds is 4. The Balaban J connectivity index is 2.42. The number of likely N-dealkylation sites (N-methyl/N-ethyl adjacent to an activating group) is 1. The first kappa shape index (κ1) is 12.7. The number of aliphatic hydroxyl groups excluding tert-OH is 1. The van der Waals surface area contributed by atoms with Crippen molar-refractivity contribution < 1.29 is 5.11 Å². The predicted molar refractivity (Wildman–Crippen MR) is 69.6 cm³/mol. The number of aliphatic hydroxyl groups is 1. The highest BCUT2D eigenvalue weighted by molar-refractivity contribution is 5.46. The van der Waals surface area contributed by atoms with Gasteiger partial charge in [0.05, 0.1) is 12.3 Å². The molecule has 0 amide bonds. The van der Waals surface area contributed by atoms with Crippen molar-refractivity contribution in [3.05, 3.63) is 46.0 Å². The van der Waals surface area contributed by atoms with E-state index in [1.165, 1.54) is 0 Å². The molecular weight excluding hydrogens is 230 g/mol. The van der Waals surface area contributed by atoms with Gasteiger partial charge in [0.15, 0.2) is 0 Å². The molecule has 0 unspecified atom stereocenters. The predicted octanol–water partition coefficient (Wildman–Crippen LogP) is 0.427. The standard InChI is InChI=1S/C13H17N3O2/c1-10-4-3-5-16-12(18)8-11(14-13(10)16)9-15(2)6-7-17/h3-5,8,17H,6-7,9H2,1-2H3. The molecule has 5 heteroatoms. The van der Waals surface area contributed by atoms with Crippen LogP contribution in [-0.4, -0.2) is 39.6 Å². The Labute approximate surface area is 105 Å². The van der Waals surface area contributed by atoms with Crippen LogP contribution in [-0.2, 0) is 6.54 Å². The topological polar surface area (TPSA) is 57.8 Å². The number of aryl methyl sites for hydroxylation is 1. The quantitative estimate of drug-likeness (QED) is 0.851. The second-order valence-electron chi connectivity index (χ2n) is 4.43. The maximum absolute atomic E-state index is 11.9. The van der Waals surface area contributed by atoms with Crippen LogP contribution in [0.3, 0.4) is 0 Å². The molecule has 5 nitrogen and oxygen atoms in total. The minimum absolute atomic E-state index is 0.0731. The summed E-state index contributed by atoms with van der Waals surface area (Å²) in [5.41, 5.74) is 2.32. The molecule has 0 radical (unpaired) electrons. The largest absolute Gasteiger partial charge is 0.395 e. The van der Waals surface area contributed by atoms with Crippen LogP contribution in [0.4, 0.5) is 0 Å². The molecule has 0 saturated carbocycles. The summed E-state index contributed by atoms with van der Waals surface area (Å²) in [6.45, 7) is 3.15. The second kappa shape index (κ2) is 5.29. The van der Waals surface area contributed by atoms with E-state index in [2.05, 4.69) is 4.98 Å². The van der Waals surface area contributed by atoms with Crippen LogP contribution in [0.2, 0.25) is 0 Å². The van der Waals surface area contributed by atoms with Crippen LogP contribution in [0.1, 0.15) is 11.3 Å². The molecule has 0 aliphatic rings. The minimum atomic E-state index is -0.0731. The molecule has 0 aromatic carbocycles. The van der Waals surface area contributed by atoms with Gasteiger partial charge in [0.25, 0.3) is 5.56 Å². The van der Waals surface area contributed by atoms with Gasteiger partial charge in [-0.25, -0.2) is 4.98 Å². The highest BCUT2D eigenvalue weighted by Crippen LogP contribution is 2.06. The minimum Gasteiger partial charge on any atom is -0.395 e. The molecule has 18 heavy (non-hydrogen) atoms. The summed E-state index contributed by atoms with van der Waals surface area (Å²) in [4.78, 5) is 18.4. The number of aromatic nitrogens is 2. The maximum Gasteiger partial charge on any atom is 0.258 e. The molecule has 0 fully saturated rings. The van der Waals surface area contributed by atoms with E-state index >= 15 is 0 Å².